The molecule has 13 heteroatoms. The van der Waals surface area contributed by atoms with Crippen molar-refractivity contribution in [1.82, 2.24) is 0 Å². The first-order chi connectivity index (χ1) is 20.5. The van der Waals surface area contributed by atoms with E-state index in [-0.39, 0.29) is 39.5 Å². The first-order valence-electron chi connectivity index (χ1n) is 12.8. The van der Waals surface area contributed by atoms with E-state index in [4.69, 9.17) is 18.6 Å². The number of esters is 1. The summed E-state index contributed by atoms with van der Waals surface area (Å²) >= 11 is 0. The number of aliphatic hydroxyl groups excluding tert-OH is 3. The number of carbonyl (C=O) groups is 1. The molecule has 13 nitrogen and oxygen atoms in total. The van der Waals surface area contributed by atoms with Crippen LogP contribution in [0.4, 0.5) is 0 Å². The fraction of sp³-hybridized carbons (Fsp3) is 0.200. The summed E-state index contributed by atoms with van der Waals surface area (Å²) in [6.07, 6.45) is -5.73. The van der Waals surface area contributed by atoms with Crippen LogP contribution in [0.25, 0.3) is 28.4 Å². The number of ether oxygens (including phenoxy) is 3. The molecular formula is C30H26O13. The Morgan fingerprint density at radius 1 is 0.860 bits per heavy atom. The first kappa shape index (κ1) is 29.4. The highest BCUT2D eigenvalue weighted by molar-refractivity contribution is 5.87. The lowest BCUT2D eigenvalue weighted by molar-refractivity contribution is -0.278. The number of rotatable bonds is 7. The molecule has 1 aromatic heterocycles. The molecule has 0 amide bonds. The summed E-state index contributed by atoms with van der Waals surface area (Å²) in [7, 11) is 0. The standard InChI is InChI=1S/C30H26O13/c31-16-5-1-14(2-6-16)3-10-24(35)40-13-23-25(36)27(38)28(39)30(43-23)42-21-9-7-17-19(33)12-22(41-29(17)26(21)37)15-4-8-18(32)20(34)11-15/h1-12,23,25,27-28,30-32,34,36-39H,13H2/b10-3+. The van der Waals surface area contributed by atoms with Crippen molar-refractivity contribution in [3.63, 3.8) is 0 Å². The lowest BCUT2D eigenvalue weighted by atomic mass is 9.99. The third-order valence-corrected chi connectivity index (χ3v) is 6.70. The van der Waals surface area contributed by atoms with Gasteiger partial charge in [0.05, 0.1) is 5.39 Å². The SMILES string of the molecule is O=C(/C=C/c1ccc(O)cc1)OCC1OC(Oc2ccc3c(=O)cc(-c4ccc(O)c(O)c4)oc3c2O)C(O)C(O)C1O. The van der Waals surface area contributed by atoms with Gasteiger partial charge in [-0.1, -0.05) is 12.1 Å². The topological polar surface area (TPSA) is 217 Å². The van der Waals surface area contributed by atoms with Crippen molar-refractivity contribution in [3.8, 4) is 40.1 Å². The molecule has 1 fully saturated rings. The maximum absolute atomic E-state index is 12.7. The molecule has 7 N–H and O–H groups in total. The molecular weight excluding hydrogens is 568 g/mol. The van der Waals surface area contributed by atoms with Gasteiger partial charge in [0.1, 0.15) is 42.5 Å². The van der Waals surface area contributed by atoms with Crippen LogP contribution in [0.1, 0.15) is 5.56 Å². The molecule has 224 valence electrons. The molecule has 0 saturated carbocycles. The molecule has 1 aliphatic rings. The van der Waals surface area contributed by atoms with E-state index in [9.17, 15) is 45.3 Å². The highest BCUT2D eigenvalue weighted by Gasteiger charge is 2.45. The van der Waals surface area contributed by atoms with Crippen molar-refractivity contribution in [2.75, 3.05) is 6.61 Å². The van der Waals surface area contributed by atoms with E-state index in [1.165, 1.54) is 42.5 Å². The minimum absolute atomic E-state index is 0.0256. The van der Waals surface area contributed by atoms with Gasteiger partial charge in [-0.3, -0.25) is 4.79 Å². The third-order valence-electron chi connectivity index (χ3n) is 6.70. The summed E-state index contributed by atoms with van der Waals surface area (Å²) in [6, 6.07) is 13.4. The van der Waals surface area contributed by atoms with Crippen LogP contribution in [0.15, 0.2) is 76.0 Å². The van der Waals surface area contributed by atoms with Crippen molar-refractivity contribution in [3.05, 3.63) is 82.5 Å². The number of hydrogen-bond acceptors (Lipinski definition) is 13. The zero-order valence-electron chi connectivity index (χ0n) is 22.1. The van der Waals surface area contributed by atoms with E-state index in [0.29, 0.717) is 5.56 Å². The van der Waals surface area contributed by atoms with Gasteiger partial charge in [-0.2, -0.15) is 0 Å². The minimum atomic E-state index is -1.80. The van der Waals surface area contributed by atoms with Gasteiger partial charge in [-0.25, -0.2) is 4.79 Å². The van der Waals surface area contributed by atoms with Gasteiger partial charge < -0.3 is 54.4 Å². The Hall–Kier alpha value is -5.08. The summed E-state index contributed by atoms with van der Waals surface area (Å²) in [6.45, 7) is -0.537. The van der Waals surface area contributed by atoms with Crippen molar-refractivity contribution < 1.29 is 59.2 Å². The molecule has 5 atom stereocenters. The Morgan fingerprint density at radius 3 is 2.33 bits per heavy atom. The number of phenols is 4. The molecule has 0 spiro atoms. The van der Waals surface area contributed by atoms with Gasteiger partial charge in [0, 0.05) is 17.7 Å². The summed E-state index contributed by atoms with van der Waals surface area (Å²) in [5.41, 5.74) is -0.0163. The van der Waals surface area contributed by atoms with Crippen LogP contribution in [0.5, 0.6) is 28.7 Å². The number of aliphatic hydroxyl groups is 3. The second-order valence-electron chi connectivity index (χ2n) is 9.65. The van der Waals surface area contributed by atoms with Crippen LogP contribution in [-0.4, -0.2) is 79.0 Å². The van der Waals surface area contributed by atoms with Gasteiger partial charge in [0.15, 0.2) is 28.3 Å². The van der Waals surface area contributed by atoms with E-state index in [2.05, 4.69) is 0 Å². The zero-order chi connectivity index (χ0) is 30.8. The number of phenolic OH excluding ortho intramolecular Hbond substituents is 4. The fourth-order valence-electron chi connectivity index (χ4n) is 4.34. The summed E-state index contributed by atoms with van der Waals surface area (Å²) in [5.74, 6) is -2.61. The Balaban J connectivity index is 1.33. The molecule has 43 heavy (non-hydrogen) atoms. The van der Waals surface area contributed by atoms with Crippen LogP contribution in [0.3, 0.4) is 0 Å². The van der Waals surface area contributed by atoms with Crippen LogP contribution in [0, 0.1) is 0 Å². The Labute approximate surface area is 242 Å². The smallest absolute Gasteiger partial charge is 0.330 e. The van der Waals surface area contributed by atoms with Gasteiger partial charge in [0.25, 0.3) is 0 Å². The van der Waals surface area contributed by atoms with Crippen molar-refractivity contribution in [1.29, 1.82) is 0 Å². The quantitative estimate of drug-likeness (QED) is 0.0923. The molecule has 0 radical (unpaired) electrons. The van der Waals surface area contributed by atoms with E-state index >= 15 is 0 Å². The third kappa shape index (κ3) is 6.24. The average molecular weight is 595 g/mol. The van der Waals surface area contributed by atoms with Crippen molar-refractivity contribution >= 4 is 23.0 Å². The molecule has 1 saturated heterocycles. The Morgan fingerprint density at radius 2 is 1.60 bits per heavy atom. The second-order valence-corrected chi connectivity index (χ2v) is 9.65. The molecule has 5 rings (SSSR count). The Bertz CT molecular complexity index is 1730. The Kier molecular flexibility index (Phi) is 8.23. The van der Waals surface area contributed by atoms with Crippen LogP contribution < -0.4 is 10.2 Å². The van der Waals surface area contributed by atoms with Crippen LogP contribution in [-0.2, 0) is 14.3 Å². The zero-order valence-corrected chi connectivity index (χ0v) is 22.1. The van der Waals surface area contributed by atoms with E-state index in [1.807, 2.05) is 0 Å². The number of fused-ring (bicyclic) bond motifs is 1. The molecule has 2 heterocycles. The molecule has 0 bridgehead atoms. The fourth-order valence-corrected chi connectivity index (χ4v) is 4.34. The summed E-state index contributed by atoms with van der Waals surface area (Å²) in [5, 5.41) is 70.9. The molecule has 3 aromatic carbocycles. The second kappa shape index (κ2) is 12.0. The molecule has 4 aromatic rings. The van der Waals surface area contributed by atoms with Gasteiger partial charge in [-0.15, -0.1) is 0 Å². The average Bonchev–Trinajstić information content (AvgIpc) is 2.99. The van der Waals surface area contributed by atoms with Crippen molar-refractivity contribution in [2.24, 2.45) is 0 Å². The predicted molar refractivity (Wildman–Crippen MR) is 148 cm³/mol. The largest absolute Gasteiger partial charge is 0.508 e. The number of benzene rings is 3. The minimum Gasteiger partial charge on any atom is -0.508 e. The highest BCUT2D eigenvalue weighted by Crippen LogP contribution is 2.38. The maximum Gasteiger partial charge on any atom is 0.330 e. The maximum atomic E-state index is 12.7. The predicted octanol–water partition coefficient (Wildman–Crippen LogP) is 1.73. The lowest BCUT2D eigenvalue weighted by Gasteiger charge is -2.39. The number of aromatic hydroxyl groups is 4. The number of hydrogen-bond donors (Lipinski definition) is 7. The van der Waals surface area contributed by atoms with Crippen molar-refractivity contribution in [2.45, 2.75) is 30.7 Å². The molecule has 1 aliphatic heterocycles. The summed E-state index contributed by atoms with van der Waals surface area (Å²) in [4.78, 5) is 24.9. The lowest BCUT2D eigenvalue weighted by Crippen LogP contribution is -2.60. The summed E-state index contributed by atoms with van der Waals surface area (Å²) < 4.78 is 22.0. The van der Waals surface area contributed by atoms with Crippen LogP contribution in [0.2, 0.25) is 0 Å². The first-order valence-corrected chi connectivity index (χ1v) is 12.8. The number of carbonyl (C=O) groups excluding carboxylic acids is 1. The van der Waals surface area contributed by atoms with Gasteiger partial charge >= 0.3 is 5.97 Å². The molecule has 5 unspecified atom stereocenters. The van der Waals surface area contributed by atoms with Crippen LogP contribution >= 0.6 is 0 Å². The van der Waals surface area contributed by atoms with E-state index in [1.54, 1.807) is 12.1 Å². The van der Waals surface area contributed by atoms with E-state index < -0.39 is 60.2 Å². The normalized spacial score (nSPS) is 22.1. The highest BCUT2D eigenvalue weighted by atomic mass is 16.7. The van der Waals surface area contributed by atoms with E-state index in [0.717, 1.165) is 18.2 Å². The van der Waals surface area contributed by atoms with Gasteiger partial charge in [-0.05, 0) is 54.1 Å². The molecule has 0 aliphatic carbocycles. The van der Waals surface area contributed by atoms with Gasteiger partial charge in [0.2, 0.25) is 12.0 Å². The monoisotopic (exact) mass is 594 g/mol.